The number of amides is 1. The lowest BCUT2D eigenvalue weighted by molar-refractivity contribution is -0.189. The zero-order valence-electron chi connectivity index (χ0n) is 25.4. The summed E-state index contributed by atoms with van der Waals surface area (Å²) in [6.07, 6.45) is 1.21. The quantitative estimate of drug-likeness (QED) is 0.151. The molecule has 5 rings (SSSR count). The highest BCUT2D eigenvalue weighted by Gasteiger charge is 2.56. The van der Waals surface area contributed by atoms with Crippen LogP contribution in [-0.4, -0.2) is 63.6 Å². The molecule has 4 unspecified atom stereocenters. The van der Waals surface area contributed by atoms with Crippen molar-refractivity contribution in [1.82, 2.24) is 10.2 Å². The van der Waals surface area contributed by atoms with Gasteiger partial charge in [0.15, 0.2) is 0 Å². The summed E-state index contributed by atoms with van der Waals surface area (Å²) in [5, 5.41) is 14.2. The highest BCUT2D eigenvalue weighted by Crippen LogP contribution is 2.41. The molecule has 0 aliphatic carbocycles. The van der Waals surface area contributed by atoms with Crippen LogP contribution in [0.3, 0.4) is 0 Å². The highest BCUT2D eigenvalue weighted by atomic mass is 32.2. The lowest BCUT2D eigenvalue weighted by Gasteiger charge is -2.52. The molecule has 0 spiro atoms. The number of aliphatic hydroxyl groups excluding tert-OH is 1. The smallest absolute Gasteiger partial charge is 0.357 e. The second-order valence-corrected chi connectivity index (χ2v) is 13.1. The van der Waals surface area contributed by atoms with Gasteiger partial charge in [-0.05, 0) is 56.7 Å². The van der Waals surface area contributed by atoms with Crippen molar-refractivity contribution in [3.63, 3.8) is 0 Å². The number of ether oxygens (including phenoxy) is 2. The Hall–Kier alpha value is -3.61. The molecule has 8 heteroatoms. The number of aliphatic hydroxyl groups is 1. The van der Waals surface area contributed by atoms with Crippen LogP contribution >= 0.6 is 11.8 Å². The van der Waals surface area contributed by atoms with Crippen LogP contribution in [0.1, 0.15) is 56.7 Å². The Morgan fingerprint density at radius 3 is 2.00 bits per heavy atom. The molecular formula is C36H40N2O5S. The first kappa shape index (κ1) is 31.8. The second-order valence-electron chi connectivity index (χ2n) is 12.0. The Morgan fingerprint density at radius 2 is 1.52 bits per heavy atom. The van der Waals surface area contributed by atoms with E-state index in [1.165, 1.54) is 16.7 Å². The van der Waals surface area contributed by atoms with Crippen molar-refractivity contribution in [1.29, 1.82) is 0 Å². The van der Waals surface area contributed by atoms with Gasteiger partial charge in [0.25, 0.3) is 0 Å². The SMILES string of the molecule is CC(C)(C)OC(=O)C(O)N1C(=O)C(NC(c2ccccc2)(c2ccccc2)c2ccccc2)C1SCC#CC1CCCCO1. The fraction of sp³-hybridized carbons (Fsp3) is 0.389. The molecule has 1 amide bonds. The maximum atomic E-state index is 14.0. The fourth-order valence-corrected chi connectivity index (χ4v) is 6.80. The van der Waals surface area contributed by atoms with Gasteiger partial charge in [-0.25, -0.2) is 4.79 Å². The van der Waals surface area contributed by atoms with Crippen molar-refractivity contribution in [2.24, 2.45) is 0 Å². The van der Waals surface area contributed by atoms with E-state index in [-0.39, 0.29) is 6.10 Å². The molecule has 0 radical (unpaired) electrons. The van der Waals surface area contributed by atoms with E-state index >= 15 is 0 Å². The van der Waals surface area contributed by atoms with Gasteiger partial charge in [-0.3, -0.25) is 15.0 Å². The minimum Gasteiger partial charge on any atom is -0.457 e. The third-order valence-electron chi connectivity index (χ3n) is 7.72. The van der Waals surface area contributed by atoms with Crippen LogP contribution in [-0.2, 0) is 24.6 Å². The molecule has 2 fully saturated rings. The molecule has 0 saturated carbocycles. The van der Waals surface area contributed by atoms with E-state index in [0.717, 1.165) is 36.0 Å². The van der Waals surface area contributed by atoms with E-state index in [0.29, 0.717) is 12.4 Å². The summed E-state index contributed by atoms with van der Waals surface area (Å²) in [7, 11) is 0. The van der Waals surface area contributed by atoms with Crippen LogP contribution in [0.25, 0.3) is 0 Å². The number of thioether (sulfide) groups is 1. The molecule has 2 aliphatic heterocycles. The van der Waals surface area contributed by atoms with Crippen molar-refractivity contribution in [2.45, 2.75) is 74.9 Å². The highest BCUT2D eigenvalue weighted by molar-refractivity contribution is 8.00. The molecule has 0 bridgehead atoms. The third-order valence-corrected chi connectivity index (χ3v) is 8.87. The summed E-state index contributed by atoms with van der Waals surface area (Å²) in [6.45, 7) is 5.89. The largest absolute Gasteiger partial charge is 0.457 e. The molecule has 0 aromatic heterocycles. The topological polar surface area (TPSA) is 88.1 Å². The van der Waals surface area contributed by atoms with E-state index in [1.54, 1.807) is 20.8 Å². The zero-order valence-corrected chi connectivity index (χ0v) is 26.3. The molecule has 2 N–H and O–H groups in total. The summed E-state index contributed by atoms with van der Waals surface area (Å²) in [4.78, 5) is 28.1. The first-order valence-electron chi connectivity index (χ1n) is 15.1. The van der Waals surface area contributed by atoms with E-state index in [4.69, 9.17) is 9.47 Å². The van der Waals surface area contributed by atoms with E-state index in [9.17, 15) is 14.7 Å². The van der Waals surface area contributed by atoms with Gasteiger partial charge in [-0.1, -0.05) is 103 Å². The fourth-order valence-electron chi connectivity index (χ4n) is 5.71. The van der Waals surface area contributed by atoms with Crippen LogP contribution in [0.2, 0.25) is 0 Å². The monoisotopic (exact) mass is 612 g/mol. The Kier molecular flexibility index (Phi) is 10.1. The van der Waals surface area contributed by atoms with Crippen LogP contribution < -0.4 is 5.32 Å². The molecule has 7 nitrogen and oxygen atoms in total. The normalized spacial score (nSPS) is 21.0. The number of esters is 1. The molecule has 230 valence electrons. The molecule has 3 aromatic carbocycles. The first-order valence-corrected chi connectivity index (χ1v) is 16.1. The Labute approximate surface area is 264 Å². The maximum absolute atomic E-state index is 14.0. The summed E-state index contributed by atoms with van der Waals surface area (Å²) < 4.78 is 11.2. The number of hydrogen-bond acceptors (Lipinski definition) is 7. The van der Waals surface area contributed by atoms with Gasteiger partial charge in [0.05, 0.1) is 11.3 Å². The Bertz CT molecular complexity index is 1360. The molecule has 44 heavy (non-hydrogen) atoms. The number of carbonyl (C=O) groups is 2. The van der Waals surface area contributed by atoms with E-state index in [1.807, 2.05) is 91.0 Å². The molecule has 3 aromatic rings. The predicted molar refractivity (Wildman–Crippen MR) is 172 cm³/mol. The summed E-state index contributed by atoms with van der Waals surface area (Å²) >= 11 is 1.41. The minimum absolute atomic E-state index is 0.0911. The first-order chi connectivity index (χ1) is 21.2. The van der Waals surface area contributed by atoms with Crippen molar-refractivity contribution < 1.29 is 24.2 Å². The number of hydrogen-bond donors (Lipinski definition) is 2. The van der Waals surface area contributed by atoms with Gasteiger partial charge in [0.2, 0.25) is 12.1 Å². The molecule has 2 saturated heterocycles. The Balaban J connectivity index is 1.51. The average molecular weight is 613 g/mol. The average Bonchev–Trinajstić information content (AvgIpc) is 3.04. The summed E-state index contributed by atoms with van der Waals surface area (Å²) in [5.41, 5.74) is 1.13. The van der Waals surface area contributed by atoms with Crippen molar-refractivity contribution in [2.75, 3.05) is 12.4 Å². The third kappa shape index (κ3) is 7.03. The molecular weight excluding hydrogens is 572 g/mol. The van der Waals surface area contributed by atoms with Gasteiger partial charge in [0.1, 0.15) is 23.1 Å². The summed E-state index contributed by atoms with van der Waals surface area (Å²) in [5.74, 6) is 5.54. The standard InChI is InChI=1S/C36H40N2O5S/c1-35(2,3)43-34(41)32(40)38-31(39)30(33(38)44-25-15-23-29-22-13-14-24-42-29)37-36(26-16-7-4-8-17-26,27-18-9-5-10-19-27)28-20-11-6-12-21-28/h4-12,16-21,29-30,32-33,37,40H,13-14,22,24-25H2,1-3H3. The number of rotatable bonds is 9. The van der Waals surface area contributed by atoms with Crippen LogP contribution in [0.5, 0.6) is 0 Å². The Morgan fingerprint density at radius 1 is 0.977 bits per heavy atom. The molecule has 2 aliphatic rings. The van der Waals surface area contributed by atoms with Crippen LogP contribution in [0.15, 0.2) is 91.0 Å². The van der Waals surface area contributed by atoms with E-state index in [2.05, 4.69) is 17.2 Å². The number of nitrogens with one attached hydrogen (secondary N) is 1. The van der Waals surface area contributed by atoms with Gasteiger partial charge in [0, 0.05) is 6.61 Å². The minimum atomic E-state index is -1.74. The van der Waals surface area contributed by atoms with Crippen LogP contribution in [0.4, 0.5) is 0 Å². The number of β-lactam (4-membered cyclic amide) rings is 1. The summed E-state index contributed by atoms with van der Waals surface area (Å²) in [6, 6.07) is 29.3. The van der Waals surface area contributed by atoms with E-state index < -0.39 is 40.7 Å². The molecule has 4 atom stereocenters. The lowest BCUT2D eigenvalue weighted by Crippen LogP contribution is -2.75. The van der Waals surface area contributed by atoms with Gasteiger partial charge >= 0.3 is 5.97 Å². The van der Waals surface area contributed by atoms with Gasteiger partial charge < -0.3 is 14.6 Å². The van der Waals surface area contributed by atoms with Crippen molar-refractivity contribution in [3.05, 3.63) is 108 Å². The lowest BCUT2D eigenvalue weighted by atomic mass is 9.76. The van der Waals surface area contributed by atoms with Crippen molar-refractivity contribution >= 4 is 23.6 Å². The van der Waals surface area contributed by atoms with Crippen molar-refractivity contribution in [3.8, 4) is 11.8 Å². The number of benzene rings is 3. The number of carbonyl (C=O) groups excluding carboxylic acids is 2. The molecule has 2 heterocycles. The number of nitrogens with zero attached hydrogens (tertiary/aromatic N) is 1. The second kappa shape index (κ2) is 14.0. The van der Waals surface area contributed by atoms with Gasteiger partial charge in [-0.15, -0.1) is 11.8 Å². The number of likely N-dealkylation sites (tertiary alicyclic amines) is 1. The maximum Gasteiger partial charge on any atom is 0.357 e. The zero-order chi connectivity index (χ0) is 31.2. The van der Waals surface area contributed by atoms with Crippen LogP contribution in [0, 0.1) is 11.8 Å². The van der Waals surface area contributed by atoms with Gasteiger partial charge in [-0.2, -0.15) is 0 Å². The predicted octanol–water partition coefficient (Wildman–Crippen LogP) is 5.07.